The van der Waals surface area contributed by atoms with E-state index in [1.54, 1.807) is 6.20 Å². The second-order valence-electron chi connectivity index (χ2n) is 18.6. The van der Waals surface area contributed by atoms with Crippen molar-refractivity contribution in [3.05, 3.63) is 38.9 Å². The molecule has 1 N–H and O–H groups in total. The van der Waals surface area contributed by atoms with E-state index in [0.717, 1.165) is 18.4 Å². The number of rotatable bonds is 15. The smallest absolute Gasteiger partial charge is 0.208 e. The molecule has 0 aromatic carbocycles. The average molecular weight is 783 g/mol. The van der Waals surface area contributed by atoms with Gasteiger partial charge in [0.25, 0.3) is 0 Å². The van der Waals surface area contributed by atoms with Gasteiger partial charge in [-0.2, -0.15) is 0 Å². The fraction of sp³-hybridized carbons (Fsp3) is 0.763. The molecule has 1 saturated carbocycles. The van der Waals surface area contributed by atoms with E-state index in [4.69, 9.17) is 24.9 Å². The number of halogens is 1. The molecule has 0 bridgehead atoms. The van der Waals surface area contributed by atoms with Crippen LogP contribution in [-0.4, -0.2) is 59.5 Å². The average Bonchev–Trinajstić information content (AvgIpc) is 3.55. The summed E-state index contributed by atoms with van der Waals surface area (Å²) < 4.78 is 21.5. The molecule has 2 aromatic rings. The lowest BCUT2D eigenvalue weighted by atomic mass is 10.1. The first-order valence-electron chi connectivity index (χ1n) is 18.6. The van der Waals surface area contributed by atoms with Crippen molar-refractivity contribution in [3.8, 4) is 0 Å². The van der Waals surface area contributed by atoms with Gasteiger partial charge in [-0.3, -0.25) is 4.79 Å². The summed E-state index contributed by atoms with van der Waals surface area (Å²) in [4.78, 5) is 23.5. The van der Waals surface area contributed by atoms with E-state index in [-0.39, 0.29) is 40.0 Å². The molecule has 284 valence electrons. The van der Waals surface area contributed by atoms with Crippen molar-refractivity contribution >= 4 is 59.5 Å². The molecule has 1 aliphatic carbocycles. The van der Waals surface area contributed by atoms with E-state index in [9.17, 15) is 4.79 Å². The number of hydrogen-bond acceptors (Lipinski definition) is 8. The Labute approximate surface area is 316 Å². The summed E-state index contributed by atoms with van der Waals surface area (Å²) in [5.41, 5.74) is 2.76. The number of hydrogen-bond donors (Lipinski definition) is 1. The Bertz CT molecular complexity index is 1430. The quantitative estimate of drug-likeness (QED) is 0.142. The van der Waals surface area contributed by atoms with Crippen LogP contribution < -0.4 is 5.32 Å². The summed E-state index contributed by atoms with van der Waals surface area (Å²) in [5, 5.41) is 3.87. The highest BCUT2D eigenvalue weighted by molar-refractivity contribution is 7.18. The molecule has 0 radical (unpaired) electrons. The minimum absolute atomic E-state index is 0.0621. The van der Waals surface area contributed by atoms with Gasteiger partial charge in [0.15, 0.2) is 16.6 Å². The van der Waals surface area contributed by atoms with E-state index >= 15 is 0 Å². The van der Waals surface area contributed by atoms with Crippen LogP contribution in [0.5, 0.6) is 0 Å². The molecule has 12 heteroatoms. The third kappa shape index (κ3) is 9.59. The molecular formula is C38H68ClN3O4SSi3. The Morgan fingerprint density at radius 1 is 0.940 bits per heavy atom. The maximum atomic E-state index is 14.1. The van der Waals surface area contributed by atoms with Crippen molar-refractivity contribution in [2.24, 2.45) is 5.92 Å². The summed E-state index contributed by atoms with van der Waals surface area (Å²) in [7, 11) is -6.15. The van der Waals surface area contributed by atoms with Crippen molar-refractivity contribution in [3.63, 3.8) is 0 Å². The molecule has 7 nitrogen and oxygen atoms in total. The van der Waals surface area contributed by atoms with Crippen LogP contribution in [0.2, 0.25) is 57.2 Å². The first-order valence-corrected chi connectivity index (χ1v) is 27.8. The maximum Gasteiger partial charge on any atom is 0.208 e. The van der Waals surface area contributed by atoms with Crippen molar-refractivity contribution in [2.75, 3.05) is 11.9 Å². The van der Waals surface area contributed by atoms with Crippen molar-refractivity contribution in [1.29, 1.82) is 0 Å². The number of carbonyl (C=O) groups is 1. The fourth-order valence-electron chi connectivity index (χ4n) is 7.12. The van der Waals surface area contributed by atoms with Gasteiger partial charge < -0.3 is 18.6 Å². The normalized spacial score (nSPS) is 20.3. The van der Waals surface area contributed by atoms with Crippen LogP contribution in [0.4, 0.5) is 5.82 Å². The predicted octanol–water partition coefficient (Wildman–Crippen LogP) is 12.3. The number of aromatic nitrogens is 2. The largest absolute Gasteiger partial charge is 0.416 e. The molecule has 1 aliphatic rings. The number of nitrogens with zero attached hydrogens (tertiary/aromatic N) is 2. The van der Waals surface area contributed by atoms with Gasteiger partial charge in [0.05, 0.1) is 27.0 Å². The molecule has 0 amide bonds. The van der Waals surface area contributed by atoms with Gasteiger partial charge in [-0.15, -0.1) is 11.3 Å². The zero-order chi connectivity index (χ0) is 38.2. The highest BCUT2D eigenvalue weighted by Crippen LogP contribution is 2.47. The van der Waals surface area contributed by atoms with Gasteiger partial charge in [0.1, 0.15) is 12.1 Å². The molecule has 3 rings (SSSR count). The molecule has 2 aromatic heterocycles. The van der Waals surface area contributed by atoms with Crippen LogP contribution in [0.25, 0.3) is 0 Å². The predicted molar refractivity (Wildman–Crippen MR) is 221 cm³/mol. The highest BCUT2D eigenvalue weighted by atomic mass is 35.5. The summed E-state index contributed by atoms with van der Waals surface area (Å²) in [6.45, 7) is 39.4. The summed E-state index contributed by atoms with van der Waals surface area (Å²) in [5.74, 6) is 0.656. The molecule has 0 spiro atoms. The summed E-state index contributed by atoms with van der Waals surface area (Å²) >= 11 is 8.06. The minimum Gasteiger partial charge on any atom is -0.416 e. The topological polar surface area (TPSA) is 82.6 Å². The van der Waals surface area contributed by atoms with E-state index < -0.39 is 25.0 Å². The van der Waals surface area contributed by atoms with Gasteiger partial charge in [0.2, 0.25) is 14.1 Å². The maximum absolute atomic E-state index is 14.1. The van der Waals surface area contributed by atoms with Gasteiger partial charge >= 0.3 is 0 Å². The number of anilines is 1. The standard InChI is InChI=1S/C38H68ClN3O4SSi3/c1-24(2)50(25(3)4,26(5)6)46-32-19-29(18-28(32)22-44-48(14,15)37(8,9)10)42-36-31(21-40-23-41-36)34(43)33-20-30(35(39)47-33)27(7)45-49(16,17)38(11,12)13/h20-21,23-29,32H,18-19,22H2,1-17H3,(H,40,41,42)/t27-,28+,29+,32-/m0/s1. The molecule has 0 aliphatic heterocycles. The van der Waals surface area contributed by atoms with Crippen LogP contribution in [-0.2, 0) is 13.3 Å². The minimum atomic E-state index is -2.15. The number of carbonyl (C=O) groups excluding carboxylic acids is 1. The Hall–Kier alpha value is -0.929. The third-order valence-corrected chi connectivity index (χ3v) is 28.7. The Balaban J connectivity index is 1.91. The number of ketones is 1. The van der Waals surface area contributed by atoms with Crippen LogP contribution in [0.3, 0.4) is 0 Å². The van der Waals surface area contributed by atoms with Gasteiger partial charge in [-0.1, -0.05) is 94.7 Å². The first kappa shape index (κ1) is 43.5. The molecule has 4 atom stereocenters. The Morgan fingerprint density at radius 2 is 1.50 bits per heavy atom. The zero-order valence-corrected chi connectivity index (χ0v) is 38.8. The molecular weight excluding hydrogens is 714 g/mol. The monoisotopic (exact) mass is 781 g/mol. The lowest BCUT2D eigenvalue weighted by molar-refractivity contribution is 0.0971. The van der Waals surface area contributed by atoms with Gasteiger partial charge in [0, 0.05) is 30.3 Å². The van der Waals surface area contributed by atoms with Crippen molar-refractivity contribution < 1.29 is 18.1 Å². The van der Waals surface area contributed by atoms with E-state index in [2.05, 4.69) is 125 Å². The van der Waals surface area contributed by atoms with Gasteiger partial charge in [-0.25, -0.2) is 9.97 Å². The van der Waals surface area contributed by atoms with E-state index in [1.807, 2.05) is 13.0 Å². The lowest BCUT2D eigenvalue weighted by Crippen LogP contribution is -2.51. The van der Waals surface area contributed by atoms with Crippen molar-refractivity contribution in [1.82, 2.24) is 9.97 Å². The van der Waals surface area contributed by atoms with Crippen LogP contribution in [0.15, 0.2) is 18.6 Å². The van der Waals surface area contributed by atoms with Crippen LogP contribution in [0.1, 0.15) is 130 Å². The lowest BCUT2D eigenvalue weighted by Gasteiger charge is -2.45. The van der Waals surface area contributed by atoms with E-state index in [1.165, 1.54) is 17.7 Å². The Morgan fingerprint density at radius 3 is 2.02 bits per heavy atom. The van der Waals surface area contributed by atoms with Crippen LogP contribution in [0, 0.1) is 5.92 Å². The molecule has 50 heavy (non-hydrogen) atoms. The SMILES string of the molecule is CC(C)[Si](O[C@H]1C[C@H](Nc2ncncc2C(=O)c2cc([C@H](C)O[Si](C)(C)C(C)(C)C)c(Cl)s2)C[C@@H]1CO[Si](C)(C)C(C)(C)C)(C(C)C)C(C)C. The molecule has 2 heterocycles. The molecule has 0 saturated heterocycles. The molecule has 0 unspecified atom stereocenters. The van der Waals surface area contributed by atoms with Crippen molar-refractivity contribution in [2.45, 2.75) is 174 Å². The van der Waals surface area contributed by atoms with Gasteiger partial charge in [-0.05, 0) is 78.7 Å². The van der Waals surface area contributed by atoms with Crippen LogP contribution >= 0.6 is 22.9 Å². The highest BCUT2D eigenvalue weighted by Gasteiger charge is 2.50. The van der Waals surface area contributed by atoms with E-state index in [0.29, 0.717) is 43.8 Å². The number of nitrogens with one attached hydrogen (secondary N) is 1. The first-order chi connectivity index (χ1) is 22.7. The third-order valence-electron chi connectivity index (χ3n) is 12.1. The zero-order valence-electron chi connectivity index (χ0n) is 34.2. The summed E-state index contributed by atoms with van der Waals surface area (Å²) in [6.07, 6.45) is 4.70. The second kappa shape index (κ2) is 16.2. The summed E-state index contributed by atoms with van der Waals surface area (Å²) in [6, 6.07) is 1.97. The second-order valence-corrected chi connectivity index (χ2v) is 35.2. The number of thiophene rings is 1. The molecule has 1 fully saturated rings. The Kier molecular flexibility index (Phi) is 14.1. The fourth-order valence-corrected chi connectivity index (χ4v) is 16.6.